The Morgan fingerprint density at radius 2 is 1.52 bits per heavy atom. The zero-order chi connectivity index (χ0) is 33.3. The number of halogens is 1. The zero-order valence-electron chi connectivity index (χ0n) is 26.9. The van der Waals surface area contributed by atoms with Gasteiger partial charge in [-0.3, -0.25) is 13.9 Å². The van der Waals surface area contributed by atoms with Crippen LogP contribution in [0.4, 0.5) is 5.69 Å². The van der Waals surface area contributed by atoms with Crippen molar-refractivity contribution in [3.8, 4) is 0 Å². The van der Waals surface area contributed by atoms with E-state index in [9.17, 15) is 18.0 Å². The number of aryl methyl sites for hydroxylation is 3. The van der Waals surface area contributed by atoms with E-state index >= 15 is 0 Å². The SMILES string of the molecule is CCCCNC(=O)[C@@H](Cc1ccccc1)N(Cc1ccccc1Cl)C(=O)CN(c1ccc(C)c(C)c1)S(=O)(=O)c1ccc(C)cc1. The fraction of sp³-hybridized carbons (Fsp3) is 0.297. The lowest BCUT2D eigenvalue weighted by Gasteiger charge is -2.34. The van der Waals surface area contributed by atoms with Gasteiger partial charge in [0.1, 0.15) is 12.6 Å². The molecule has 2 amide bonds. The van der Waals surface area contributed by atoms with E-state index in [-0.39, 0.29) is 23.8 Å². The van der Waals surface area contributed by atoms with Crippen LogP contribution in [0.5, 0.6) is 0 Å². The first-order valence-corrected chi connectivity index (χ1v) is 17.3. The second-order valence-electron chi connectivity index (χ2n) is 11.6. The van der Waals surface area contributed by atoms with E-state index in [0.29, 0.717) is 22.8 Å². The summed E-state index contributed by atoms with van der Waals surface area (Å²) in [6.45, 7) is 7.73. The third-order valence-electron chi connectivity index (χ3n) is 8.07. The fourth-order valence-corrected chi connectivity index (χ4v) is 6.72. The highest BCUT2D eigenvalue weighted by Crippen LogP contribution is 2.28. The van der Waals surface area contributed by atoms with E-state index in [2.05, 4.69) is 5.32 Å². The molecule has 7 nitrogen and oxygen atoms in total. The molecule has 0 heterocycles. The van der Waals surface area contributed by atoms with Crippen LogP contribution in [0.3, 0.4) is 0 Å². The summed E-state index contributed by atoms with van der Waals surface area (Å²) >= 11 is 6.57. The summed E-state index contributed by atoms with van der Waals surface area (Å²) in [4.78, 5) is 30.0. The predicted octanol–water partition coefficient (Wildman–Crippen LogP) is 7.02. The van der Waals surface area contributed by atoms with E-state index in [1.165, 1.54) is 4.90 Å². The van der Waals surface area contributed by atoms with Crippen molar-refractivity contribution in [1.29, 1.82) is 0 Å². The van der Waals surface area contributed by atoms with Gasteiger partial charge in [0.05, 0.1) is 10.6 Å². The van der Waals surface area contributed by atoms with Crippen LogP contribution < -0.4 is 9.62 Å². The van der Waals surface area contributed by atoms with Crippen molar-refractivity contribution in [2.24, 2.45) is 0 Å². The van der Waals surface area contributed by atoms with Crippen molar-refractivity contribution >= 4 is 39.1 Å². The average Bonchev–Trinajstić information content (AvgIpc) is 3.04. The van der Waals surface area contributed by atoms with Crippen LogP contribution in [0.1, 0.15) is 47.6 Å². The molecule has 4 aromatic carbocycles. The average molecular weight is 660 g/mol. The summed E-state index contributed by atoms with van der Waals surface area (Å²) in [5.41, 5.74) is 4.68. The first kappa shape index (κ1) is 34.7. The van der Waals surface area contributed by atoms with E-state index in [1.54, 1.807) is 54.6 Å². The van der Waals surface area contributed by atoms with E-state index in [1.807, 2.05) is 70.2 Å². The number of carbonyl (C=O) groups is 2. The van der Waals surface area contributed by atoms with E-state index in [4.69, 9.17) is 11.6 Å². The Hall–Kier alpha value is -4.14. The molecule has 0 saturated carbocycles. The van der Waals surface area contributed by atoms with Gasteiger partial charge in [0.15, 0.2) is 0 Å². The molecule has 9 heteroatoms. The van der Waals surface area contributed by atoms with Gasteiger partial charge in [-0.05, 0) is 79.8 Å². The number of unbranched alkanes of at least 4 members (excludes halogenated alkanes) is 1. The molecule has 0 aliphatic heterocycles. The minimum Gasteiger partial charge on any atom is -0.354 e. The highest BCUT2D eigenvalue weighted by Gasteiger charge is 2.35. The molecule has 1 atom stereocenters. The van der Waals surface area contributed by atoms with E-state index in [0.717, 1.165) is 39.4 Å². The summed E-state index contributed by atoms with van der Waals surface area (Å²) < 4.78 is 29.6. The zero-order valence-corrected chi connectivity index (χ0v) is 28.4. The van der Waals surface area contributed by atoms with Gasteiger partial charge >= 0.3 is 0 Å². The second kappa shape index (κ2) is 15.9. The monoisotopic (exact) mass is 659 g/mol. The summed E-state index contributed by atoms with van der Waals surface area (Å²) in [7, 11) is -4.17. The van der Waals surface area contributed by atoms with Crippen molar-refractivity contribution in [2.75, 3.05) is 17.4 Å². The minimum absolute atomic E-state index is 0.0164. The smallest absolute Gasteiger partial charge is 0.264 e. The number of hydrogen-bond acceptors (Lipinski definition) is 4. The molecule has 46 heavy (non-hydrogen) atoms. The van der Waals surface area contributed by atoms with Gasteiger partial charge in [-0.25, -0.2) is 8.42 Å². The Balaban J connectivity index is 1.81. The number of nitrogens with zero attached hydrogens (tertiary/aromatic N) is 2. The van der Waals surface area contributed by atoms with Gasteiger partial charge in [0, 0.05) is 24.5 Å². The summed E-state index contributed by atoms with van der Waals surface area (Å²) in [6.07, 6.45) is 1.93. The maximum absolute atomic E-state index is 14.6. The summed E-state index contributed by atoms with van der Waals surface area (Å²) in [5, 5.41) is 3.45. The van der Waals surface area contributed by atoms with Crippen molar-refractivity contribution in [3.63, 3.8) is 0 Å². The maximum Gasteiger partial charge on any atom is 0.264 e. The lowest BCUT2D eigenvalue weighted by molar-refractivity contribution is -0.140. The van der Waals surface area contributed by atoms with Crippen LogP contribution in [-0.4, -0.2) is 44.3 Å². The van der Waals surface area contributed by atoms with Crippen LogP contribution in [0, 0.1) is 20.8 Å². The highest BCUT2D eigenvalue weighted by molar-refractivity contribution is 7.92. The van der Waals surface area contributed by atoms with Crippen molar-refractivity contribution in [1.82, 2.24) is 10.2 Å². The molecule has 0 unspecified atom stereocenters. The lowest BCUT2D eigenvalue weighted by atomic mass is 10.0. The molecular weight excluding hydrogens is 618 g/mol. The molecule has 0 bridgehead atoms. The van der Waals surface area contributed by atoms with Gasteiger partial charge in [-0.15, -0.1) is 0 Å². The van der Waals surface area contributed by atoms with Gasteiger partial charge in [0.2, 0.25) is 11.8 Å². The van der Waals surface area contributed by atoms with Gasteiger partial charge < -0.3 is 10.2 Å². The number of sulfonamides is 1. The van der Waals surface area contributed by atoms with Crippen LogP contribution in [0.2, 0.25) is 5.02 Å². The van der Waals surface area contributed by atoms with Gasteiger partial charge in [0.25, 0.3) is 10.0 Å². The molecule has 1 N–H and O–H groups in total. The molecular formula is C37H42ClN3O4S. The predicted molar refractivity (Wildman–Crippen MR) is 185 cm³/mol. The molecule has 0 spiro atoms. The van der Waals surface area contributed by atoms with Crippen molar-refractivity contribution in [3.05, 3.63) is 130 Å². The third-order valence-corrected chi connectivity index (χ3v) is 10.2. The molecule has 0 aliphatic carbocycles. The number of hydrogen-bond donors (Lipinski definition) is 1. The van der Waals surface area contributed by atoms with Crippen LogP contribution in [-0.2, 0) is 32.6 Å². The third kappa shape index (κ3) is 8.77. The largest absolute Gasteiger partial charge is 0.354 e. The number of benzene rings is 4. The van der Waals surface area contributed by atoms with Crippen LogP contribution in [0.25, 0.3) is 0 Å². The molecule has 4 rings (SSSR count). The van der Waals surface area contributed by atoms with Crippen LogP contribution in [0.15, 0.2) is 102 Å². The van der Waals surface area contributed by atoms with Crippen molar-refractivity contribution in [2.45, 2.75) is 64.4 Å². The highest BCUT2D eigenvalue weighted by atomic mass is 35.5. The fourth-order valence-electron chi connectivity index (χ4n) is 5.12. The second-order valence-corrected chi connectivity index (χ2v) is 13.8. The Bertz CT molecular complexity index is 1740. The van der Waals surface area contributed by atoms with Gasteiger partial charge in [-0.2, -0.15) is 0 Å². The number of rotatable bonds is 14. The lowest BCUT2D eigenvalue weighted by Crippen LogP contribution is -2.53. The Morgan fingerprint density at radius 3 is 2.17 bits per heavy atom. The number of nitrogens with one attached hydrogen (secondary N) is 1. The summed E-state index contributed by atoms with van der Waals surface area (Å²) in [5.74, 6) is -0.836. The minimum atomic E-state index is -4.17. The number of carbonyl (C=O) groups excluding carboxylic acids is 2. The van der Waals surface area contributed by atoms with Crippen LogP contribution >= 0.6 is 11.6 Å². The normalized spacial score (nSPS) is 11.9. The number of anilines is 1. The van der Waals surface area contributed by atoms with E-state index < -0.39 is 28.5 Å². The molecule has 0 radical (unpaired) electrons. The Labute approximate surface area is 278 Å². The first-order valence-electron chi connectivity index (χ1n) is 15.5. The molecule has 0 fully saturated rings. The standard InChI is InChI=1S/C37H42ClN3O4S/c1-5-6-22-39-37(43)35(24-30-12-8-7-9-13-30)40(25-31-14-10-11-15-34(31)38)36(42)26-41(32-19-18-28(3)29(4)23-32)46(44,45)33-20-16-27(2)17-21-33/h7-21,23,35H,5-6,22,24-26H2,1-4H3,(H,39,43)/t35-/m1/s1. The Morgan fingerprint density at radius 1 is 0.848 bits per heavy atom. The molecule has 0 aromatic heterocycles. The first-order chi connectivity index (χ1) is 22.0. The van der Waals surface area contributed by atoms with Gasteiger partial charge in [-0.1, -0.05) is 97.2 Å². The quantitative estimate of drug-likeness (QED) is 0.148. The molecule has 0 aliphatic rings. The van der Waals surface area contributed by atoms with Crippen molar-refractivity contribution < 1.29 is 18.0 Å². The molecule has 242 valence electrons. The topological polar surface area (TPSA) is 86.8 Å². The summed E-state index contributed by atoms with van der Waals surface area (Å²) in [6, 6.07) is 27.6. The molecule has 0 saturated heterocycles. The number of amides is 2. The Kier molecular flexibility index (Phi) is 12.0. The molecule has 4 aromatic rings. The maximum atomic E-state index is 14.6.